The van der Waals surface area contributed by atoms with Crippen LogP contribution in [0.25, 0.3) is 0 Å². The Balaban J connectivity index is 2.43. The van der Waals surface area contributed by atoms with Crippen molar-refractivity contribution in [1.82, 2.24) is 19.6 Å². The molecule has 1 rings (SSSR count). The molecule has 0 aromatic rings. The molecule has 1 saturated heterocycles. The topological polar surface area (TPSA) is 225 Å². The fraction of sp³-hybridized carbons (Fsp3) is 0.922. The first-order chi connectivity index (χ1) is 40.2. The maximum absolute atomic E-state index is 12.8. The first-order valence-electron chi connectivity index (χ1n) is 32.9. The Bertz CT molecular complexity index is 1560. The third-order valence-corrected chi connectivity index (χ3v) is 17.2. The van der Waals surface area contributed by atoms with E-state index in [0.717, 1.165) is 141 Å². The lowest BCUT2D eigenvalue weighted by Gasteiger charge is -2.34. The van der Waals surface area contributed by atoms with Gasteiger partial charge in [0.15, 0.2) is 0 Å². The number of unbranched alkanes of at least 4 members (excludes halogenated alkanes) is 9. The quantitative estimate of drug-likeness (QED) is 0.0192. The molecule has 18 nitrogen and oxygen atoms in total. The van der Waals surface area contributed by atoms with Crippen LogP contribution in [-0.2, 0) is 47.7 Å². The van der Waals surface area contributed by atoms with E-state index in [9.17, 15) is 44.4 Å². The predicted octanol–water partition coefficient (Wildman–Crippen LogP) is 10.0. The molecule has 0 bridgehead atoms. The fourth-order valence-corrected chi connectivity index (χ4v) is 11.9. The standard InChI is InChI=1S/C64H122N4O14S2/c1-52(2)33-43-78-60(73)28-15-11-9-13-24-56(69)48-67(49-57(70)25-14-10-12-16-29-61(74)79-44-34-53(3)4)35-22-21-30-62(75)80-45-41-65-37-39-66(40-38-65)42-47-84-83-46-23-36-68(50-58(71)26-17-19-31-63(76)81-54(5)6)51-59(72)27-18-20-32-64(77)82-55(7)8/h52-59,69-72H,9-51H2,1-8H3. The molecule has 4 N–H and O–H groups in total. The van der Waals surface area contributed by atoms with Crippen LogP contribution in [0.4, 0.5) is 0 Å². The SMILES string of the molecule is CC(C)CCOC(=O)CCCCCCC(O)CN(CCCCC(=O)OCCN1CCN(CCSSCCCN(CC(O)CCCCC(=O)OC(C)C)CC(O)CCCCC(=O)OC(C)C)CC1)CC(O)CCCCCCC(=O)OCCC(C)C. The number of carbonyl (C=O) groups excluding carboxylic acids is 5. The highest BCUT2D eigenvalue weighted by Crippen LogP contribution is 2.23. The average Bonchev–Trinajstić information content (AvgIpc) is 3.42. The van der Waals surface area contributed by atoms with E-state index in [2.05, 4.69) is 47.3 Å². The molecule has 0 radical (unpaired) electrons. The van der Waals surface area contributed by atoms with Crippen LogP contribution in [0.1, 0.15) is 222 Å². The molecule has 0 aromatic carbocycles. The summed E-state index contributed by atoms with van der Waals surface area (Å²) in [6.45, 7) is 25.8. The summed E-state index contributed by atoms with van der Waals surface area (Å²) >= 11 is 0. The molecule has 0 amide bonds. The zero-order valence-corrected chi connectivity index (χ0v) is 55.6. The van der Waals surface area contributed by atoms with Gasteiger partial charge in [-0.3, -0.25) is 43.6 Å². The monoisotopic (exact) mass is 1230 g/mol. The lowest BCUT2D eigenvalue weighted by atomic mass is 10.1. The van der Waals surface area contributed by atoms with Crippen molar-refractivity contribution in [3.63, 3.8) is 0 Å². The van der Waals surface area contributed by atoms with Gasteiger partial charge in [-0.2, -0.15) is 0 Å². The number of ether oxygens (including phenoxy) is 5. The molecule has 20 heteroatoms. The summed E-state index contributed by atoms with van der Waals surface area (Å²) in [6.07, 6.45) is 15.6. The lowest BCUT2D eigenvalue weighted by Crippen LogP contribution is -2.47. The molecule has 4 atom stereocenters. The zero-order chi connectivity index (χ0) is 62.2. The number of esters is 5. The Morgan fingerprint density at radius 1 is 0.381 bits per heavy atom. The molecule has 0 aromatic heterocycles. The molecule has 1 fully saturated rings. The van der Waals surface area contributed by atoms with Crippen LogP contribution in [0.3, 0.4) is 0 Å². The molecule has 4 unspecified atom stereocenters. The molecular weight excluding hydrogens is 1110 g/mol. The van der Waals surface area contributed by atoms with Crippen molar-refractivity contribution in [3.05, 3.63) is 0 Å². The lowest BCUT2D eigenvalue weighted by molar-refractivity contribution is -0.148. The van der Waals surface area contributed by atoms with Crippen molar-refractivity contribution >= 4 is 51.4 Å². The fourth-order valence-electron chi connectivity index (χ4n) is 9.81. The van der Waals surface area contributed by atoms with E-state index in [1.807, 2.05) is 49.3 Å². The van der Waals surface area contributed by atoms with Gasteiger partial charge in [0.2, 0.25) is 0 Å². The molecule has 494 valence electrons. The Labute approximate surface area is 517 Å². The van der Waals surface area contributed by atoms with Gasteiger partial charge in [-0.25, -0.2) is 0 Å². The van der Waals surface area contributed by atoms with Crippen molar-refractivity contribution in [2.24, 2.45) is 11.8 Å². The molecule has 1 heterocycles. The maximum Gasteiger partial charge on any atom is 0.306 e. The van der Waals surface area contributed by atoms with E-state index in [0.29, 0.717) is 148 Å². The van der Waals surface area contributed by atoms with E-state index >= 15 is 0 Å². The minimum atomic E-state index is -0.560. The van der Waals surface area contributed by atoms with E-state index in [1.165, 1.54) is 0 Å². The van der Waals surface area contributed by atoms with Gasteiger partial charge in [0.05, 0.1) is 49.8 Å². The number of hydrogen-bond acceptors (Lipinski definition) is 20. The molecule has 0 spiro atoms. The second-order valence-electron chi connectivity index (χ2n) is 24.8. The minimum absolute atomic E-state index is 0.138. The van der Waals surface area contributed by atoms with Crippen LogP contribution >= 0.6 is 21.6 Å². The van der Waals surface area contributed by atoms with Crippen LogP contribution in [-0.4, -0.2) is 216 Å². The normalized spacial score (nSPS) is 14.9. The summed E-state index contributed by atoms with van der Waals surface area (Å²) in [5.74, 6) is 2.07. The van der Waals surface area contributed by atoms with Crippen molar-refractivity contribution < 1.29 is 68.1 Å². The summed E-state index contributed by atoms with van der Waals surface area (Å²) in [5.41, 5.74) is 0. The van der Waals surface area contributed by atoms with Crippen LogP contribution < -0.4 is 0 Å². The Kier molecular flexibility index (Phi) is 50.0. The third-order valence-electron chi connectivity index (χ3n) is 14.7. The largest absolute Gasteiger partial charge is 0.466 e. The summed E-state index contributed by atoms with van der Waals surface area (Å²) in [6, 6.07) is 0. The average molecular weight is 1240 g/mol. The van der Waals surface area contributed by atoms with Crippen LogP contribution in [0, 0.1) is 11.8 Å². The zero-order valence-electron chi connectivity index (χ0n) is 54.0. The van der Waals surface area contributed by atoms with Crippen molar-refractivity contribution in [3.8, 4) is 0 Å². The van der Waals surface area contributed by atoms with Crippen molar-refractivity contribution in [2.75, 3.05) is 110 Å². The molecule has 0 saturated carbocycles. The number of piperazine rings is 1. The van der Waals surface area contributed by atoms with Crippen LogP contribution in [0.15, 0.2) is 0 Å². The highest BCUT2D eigenvalue weighted by Gasteiger charge is 2.21. The van der Waals surface area contributed by atoms with Gasteiger partial charge in [-0.05, 0) is 136 Å². The minimum Gasteiger partial charge on any atom is -0.466 e. The molecule has 84 heavy (non-hydrogen) atoms. The van der Waals surface area contributed by atoms with Crippen LogP contribution in [0.2, 0.25) is 0 Å². The van der Waals surface area contributed by atoms with E-state index in [-0.39, 0.29) is 42.1 Å². The second kappa shape index (κ2) is 52.6. The number of aliphatic hydroxyl groups excluding tert-OH is 4. The Hall–Kier alpha value is -2.27. The molecule has 1 aliphatic rings. The number of hydrogen-bond donors (Lipinski definition) is 4. The van der Waals surface area contributed by atoms with Crippen molar-refractivity contribution in [1.29, 1.82) is 0 Å². The summed E-state index contributed by atoms with van der Waals surface area (Å²) in [4.78, 5) is 69.8. The van der Waals surface area contributed by atoms with Gasteiger partial charge in [0.1, 0.15) is 6.61 Å². The molecular formula is C64H122N4O14S2. The van der Waals surface area contributed by atoms with Crippen LogP contribution in [0.5, 0.6) is 0 Å². The second-order valence-corrected chi connectivity index (χ2v) is 27.5. The predicted molar refractivity (Wildman–Crippen MR) is 340 cm³/mol. The summed E-state index contributed by atoms with van der Waals surface area (Å²) in [7, 11) is 3.73. The first-order valence-corrected chi connectivity index (χ1v) is 35.4. The number of aliphatic hydroxyl groups is 4. The maximum atomic E-state index is 12.8. The smallest absolute Gasteiger partial charge is 0.306 e. The summed E-state index contributed by atoms with van der Waals surface area (Å²) < 4.78 is 26.8. The van der Waals surface area contributed by atoms with Crippen molar-refractivity contribution in [2.45, 2.75) is 259 Å². The van der Waals surface area contributed by atoms with Gasteiger partial charge in [-0.1, -0.05) is 101 Å². The van der Waals surface area contributed by atoms with Gasteiger partial charge in [-0.15, -0.1) is 0 Å². The summed E-state index contributed by atoms with van der Waals surface area (Å²) in [5, 5.41) is 43.9. The van der Waals surface area contributed by atoms with E-state index in [1.54, 1.807) is 0 Å². The van der Waals surface area contributed by atoms with E-state index in [4.69, 9.17) is 23.7 Å². The Morgan fingerprint density at radius 3 is 1.11 bits per heavy atom. The first kappa shape index (κ1) is 79.7. The number of nitrogens with zero attached hydrogens (tertiary/aromatic N) is 4. The van der Waals surface area contributed by atoms with Gasteiger partial charge < -0.3 is 44.1 Å². The van der Waals surface area contributed by atoms with Gasteiger partial charge in [0, 0.05) is 109 Å². The molecule has 1 aliphatic heterocycles. The number of carbonyl (C=O) groups is 5. The number of rotatable bonds is 56. The Morgan fingerprint density at radius 2 is 0.702 bits per heavy atom. The molecule has 0 aliphatic carbocycles. The third kappa shape index (κ3) is 50.7. The van der Waals surface area contributed by atoms with Gasteiger partial charge >= 0.3 is 29.8 Å². The van der Waals surface area contributed by atoms with E-state index < -0.39 is 24.4 Å². The highest BCUT2D eigenvalue weighted by molar-refractivity contribution is 8.76. The van der Waals surface area contributed by atoms with Gasteiger partial charge in [0.25, 0.3) is 0 Å². The highest BCUT2D eigenvalue weighted by atomic mass is 33.1.